The largest absolute Gasteiger partial charge is 0.468 e. The Labute approximate surface area is 208 Å². The van der Waals surface area contributed by atoms with Crippen molar-refractivity contribution in [2.24, 2.45) is 11.8 Å². The lowest BCUT2D eigenvalue weighted by atomic mass is 9.72. The molecular weight excluding hydrogens is 506 g/mol. The van der Waals surface area contributed by atoms with Crippen LogP contribution in [0.2, 0.25) is 5.02 Å². The summed E-state index contributed by atoms with van der Waals surface area (Å²) in [6.45, 7) is 3.12. The number of piperidine rings is 1. The van der Waals surface area contributed by atoms with Crippen LogP contribution in [0.4, 0.5) is 0 Å². The minimum atomic E-state index is -1.11. The number of rotatable bonds is 8. The third kappa shape index (κ3) is 6.04. The molecule has 1 amide bonds. The number of amides is 1. The summed E-state index contributed by atoms with van der Waals surface area (Å²) in [5.74, 6) is -3.38. The minimum Gasteiger partial charge on any atom is -0.468 e. The molecule has 0 N–H and O–H groups in total. The zero-order chi connectivity index (χ0) is 24.0. The fourth-order valence-corrected chi connectivity index (χ4v) is 5.00. The maximum Gasteiger partial charge on any atom is 0.318 e. The van der Waals surface area contributed by atoms with Gasteiger partial charge in [-0.15, -0.1) is 0 Å². The molecule has 0 aromatic heterocycles. The highest BCUT2D eigenvalue weighted by Gasteiger charge is 2.45. The van der Waals surface area contributed by atoms with Crippen LogP contribution in [0, 0.1) is 11.8 Å². The van der Waals surface area contributed by atoms with Gasteiger partial charge >= 0.3 is 5.97 Å². The first kappa shape index (κ1) is 25.4. The van der Waals surface area contributed by atoms with Crippen LogP contribution >= 0.6 is 27.5 Å². The highest BCUT2D eigenvalue weighted by molar-refractivity contribution is 9.10. The van der Waals surface area contributed by atoms with Crippen molar-refractivity contribution >= 4 is 45.2 Å². The second-order valence-corrected chi connectivity index (χ2v) is 9.70. The second kappa shape index (κ2) is 11.8. The van der Waals surface area contributed by atoms with Crippen molar-refractivity contribution in [3.63, 3.8) is 0 Å². The summed E-state index contributed by atoms with van der Waals surface area (Å²) in [4.78, 5) is 42.2. The Morgan fingerprint density at radius 2 is 1.61 bits per heavy atom. The summed E-state index contributed by atoms with van der Waals surface area (Å²) >= 11 is 9.52. The first-order valence-corrected chi connectivity index (χ1v) is 12.5. The van der Waals surface area contributed by atoms with Crippen molar-refractivity contribution < 1.29 is 19.1 Å². The van der Waals surface area contributed by atoms with Gasteiger partial charge < -0.3 is 9.64 Å². The molecule has 0 aliphatic carbocycles. The molecule has 1 aliphatic rings. The van der Waals surface area contributed by atoms with E-state index in [-0.39, 0.29) is 11.7 Å². The number of carbonyl (C=O) groups is 3. The molecule has 0 unspecified atom stereocenters. The highest BCUT2D eigenvalue weighted by Crippen LogP contribution is 2.39. The van der Waals surface area contributed by atoms with Gasteiger partial charge in [-0.25, -0.2) is 0 Å². The van der Waals surface area contributed by atoms with Gasteiger partial charge in [0, 0.05) is 40.0 Å². The lowest BCUT2D eigenvalue weighted by Crippen LogP contribution is -2.47. The predicted octanol–water partition coefficient (Wildman–Crippen LogP) is 5.90. The zero-order valence-electron chi connectivity index (χ0n) is 18.9. The minimum absolute atomic E-state index is 0.106. The van der Waals surface area contributed by atoms with Gasteiger partial charge in [0.15, 0.2) is 5.78 Å². The number of esters is 1. The van der Waals surface area contributed by atoms with E-state index in [2.05, 4.69) is 15.9 Å². The van der Waals surface area contributed by atoms with Gasteiger partial charge in [-0.1, -0.05) is 58.7 Å². The Bertz CT molecular complexity index is 971. The van der Waals surface area contributed by atoms with Crippen molar-refractivity contribution in [3.05, 3.63) is 69.2 Å². The molecule has 0 bridgehead atoms. The standard InChI is InChI=1S/C26H29BrClNO4/c1-3-21(24(30)18-7-11-19(27)12-8-18)22(17-9-13-20(28)14-10-17)23(26(32)33-2)25(31)29-15-5-4-6-16-29/h7-14,21-23H,3-6,15-16H2,1-2H3/t21-,22-,23-/m0/s1. The summed E-state index contributed by atoms with van der Waals surface area (Å²) in [7, 11) is 1.29. The van der Waals surface area contributed by atoms with Crippen LogP contribution in [0.25, 0.3) is 0 Å². The average Bonchev–Trinajstić information content (AvgIpc) is 2.84. The quantitative estimate of drug-likeness (QED) is 0.240. The fraction of sp³-hybridized carbons (Fsp3) is 0.423. The van der Waals surface area contributed by atoms with Crippen LogP contribution in [0.5, 0.6) is 0 Å². The Morgan fingerprint density at radius 1 is 1.00 bits per heavy atom. The molecule has 2 aromatic carbocycles. The van der Waals surface area contributed by atoms with Gasteiger partial charge in [-0.05, 0) is 55.5 Å². The molecule has 1 saturated heterocycles. The van der Waals surface area contributed by atoms with Crippen LogP contribution in [0.3, 0.4) is 0 Å². The number of methoxy groups -OCH3 is 1. The predicted molar refractivity (Wildman–Crippen MR) is 132 cm³/mol. The van der Waals surface area contributed by atoms with E-state index in [1.54, 1.807) is 41.3 Å². The summed E-state index contributed by atoms with van der Waals surface area (Å²) in [6, 6.07) is 14.2. The number of halogens is 2. The molecule has 3 rings (SSSR count). The topological polar surface area (TPSA) is 63.7 Å². The maximum absolute atomic E-state index is 13.7. The average molecular weight is 535 g/mol. The van der Waals surface area contributed by atoms with Crippen molar-refractivity contribution in [1.82, 2.24) is 4.90 Å². The number of nitrogens with zero attached hydrogens (tertiary/aromatic N) is 1. The Balaban J connectivity index is 2.09. The van der Waals surface area contributed by atoms with Crippen LogP contribution in [-0.2, 0) is 14.3 Å². The molecule has 33 heavy (non-hydrogen) atoms. The van der Waals surface area contributed by atoms with E-state index in [1.807, 2.05) is 19.1 Å². The lowest BCUT2D eigenvalue weighted by Gasteiger charge is -2.35. The molecule has 7 heteroatoms. The molecular formula is C26H29BrClNO4. The number of hydrogen-bond donors (Lipinski definition) is 0. The maximum atomic E-state index is 13.7. The SMILES string of the molecule is CC[C@H](C(=O)c1ccc(Br)cc1)[C@H](c1ccc(Cl)cc1)[C@H](C(=O)OC)C(=O)N1CCCCC1. The van der Waals surface area contributed by atoms with Crippen LogP contribution < -0.4 is 0 Å². The lowest BCUT2D eigenvalue weighted by molar-refractivity contribution is -0.155. The molecule has 2 aromatic rings. The number of ether oxygens (including phenoxy) is 1. The van der Waals surface area contributed by atoms with Crippen LogP contribution in [-0.4, -0.2) is 42.8 Å². The van der Waals surface area contributed by atoms with Crippen LogP contribution in [0.15, 0.2) is 53.0 Å². The monoisotopic (exact) mass is 533 g/mol. The number of ketones is 1. The summed E-state index contributed by atoms with van der Waals surface area (Å²) in [6.07, 6.45) is 3.33. The third-order valence-electron chi connectivity index (χ3n) is 6.34. The highest BCUT2D eigenvalue weighted by atomic mass is 79.9. The molecule has 5 nitrogen and oxygen atoms in total. The molecule has 176 valence electrons. The molecule has 0 saturated carbocycles. The first-order valence-electron chi connectivity index (χ1n) is 11.3. The molecule has 1 fully saturated rings. The van der Waals surface area contributed by atoms with E-state index in [0.29, 0.717) is 30.1 Å². The Hall–Kier alpha value is -2.18. The molecule has 0 radical (unpaired) electrons. The van der Waals surface area contributed by atoms with E-state index in [9.17, 15) is 14.4 Å². The van der Waals surface area contributed by atoms with Gasteiger partial charge in [0.2, 0.25) is 5.91 Å². The van der Waals surface area contributed by atoms with Gasteiger partial charge in [-0.2, -0.15) is 0 Å². The molecule has 1 aliphatic heterocycles. The van der Waals surface area contributed by atoms with Gasteiger partial charge in [0.25, 0.3) is 0 Å². The van der Waals surface area contributed by atoms with Gasteiger partial charge in [0.1, 0.15) is 5.92 Å². The van der Waals surface area contributed by atoms with E-state index in [0.717, 1.165) is 29.3 Å². The first-order chi connectivity index (χ1) is 15.9. The van der Waals surface area contributed by atoms with Gasteiger partial charge in [0.05, 0.1) is 7.11 Å². The number of hydrogen-bond acceptors (Lipinski definition) is 4. The van der Waals surface area contributed by atoms with Crippen molar-refractivity contribution in [2.45, 2.75) is 38.5 Å². The smallest absolute Gasteiger partial charge is 0.318 e. The van der Waals surface area contributed by atoms with E-state index >= 15 is 0 Å². The number of carbonyl (C=O) groups excluding carboxylic acids is 3. The Morgan fingerprint density at radius 3 is 2.15 bits per heavy atom. The van der Waals surface area contributed by atoms with E-state index < -0.39 is 23.7 Å². The van der Waals surface area contributed by atoms with Crippen molar-refractivity contribution in [2.75, 3.05) is 20.2 Å². The second-order valence-electron chi connectivity index (χ2n) is 8.35. The Kier molecular flexibility index (Phi) is 9.10. The normalized spacial score (nSPS) is 16.5. The van der Waals surface area contributed by atoms with Gasteiger partial charge in [-0.3, -0.25) is 14.4 Å². The molecule has 1 heterocycles. The van der Waals surface area contributed by atoms with E-state index in [1.165, 1.54) is 7.11 Å². The summed E-state index contributed by atoms with van der Waals surface area (Å²) < 4.78 is 5.99. The van der Waals surface area contributed by atoms with Crippen molar-refractivity contribution in [3.8, 4) is 0 Å². The van der Waals surface area contributed by atoms with E-state index in [4.69, 9.17) is 16.3 Å². The number of Topliss-reactive ketones (excluding diaryl/α,β-unsaturated/α-hetero) is 1. The number of likely N-dealkylation sites (tertiary alicyclic amines) is 1. The zero-order valence-corrected chi connectivity index (χ0v) is 21.3. The molecule has 0 spiro atoms. The van der Waals surface area contributed by atoms with Crippen LogP contribution in [0.1, 0.15) is 54.4 Å². The third-order valence-corrected chi connectivity index (χ3v) is 7.12. The summed E-state index contributed by atoms with van der Waals surface area (Å²) in [5.41, 5.74) is 1.26. The van der Waals surface area contributed by atoms with Crippen molar-refractivity contribution in [1.29, 1.82) is 0 Å². The fourth-order valence-electron chi connectivity index (χ4n) is 4.61. The summed E-state index contributed by atoms with van der Waals surface area (Å²) in [5, 5.41) is 0.543. The number of benzene rings is 2. The molecule has 3 atom stereocenters.